The number of halogens is 6. The van der Waals surface area contributed by atoms with Crippen LogP contribution in [0.5, 0.6) is 17.2 Å². The average molecular weight is 498 g/mol. The maximum Gasteiger partial charge on any atom is 0.416 e. The van der Waals surface area contributed by atoms with Crippen LogP contribution in [-0.4, -0.2) is 25.2 Å². The smallest absolute Gasteiger partial charge is 0.416 e. The molecule has 1 atom stereocenters. The Morgan fingerprint density at radius 2 is 1.65 bits per heavy atom. The van der Waals surface area contributed by atoms with E-state index in [4.69, 9.17) is 25.8 Å². The molecular formula is C24H17ClF5NO3. The number of benzene rings is 3. The van der Waals surface area contributed by atoms with Crippen LogP contribution < -0.4 is 9.47 Å². The molecule has 0 aliphatic carbocycles. The van der Waals surface area contributed by atoms with E-state index in [1.165, 1.54) is 6.07 Å². The zero-order chi connectivity index (χ0) is 24.3. The van der Waals surface area contributed by atoms with Gasteiger partial charge in [-0.05, 0) is 54.6 Å². The van der Waals surface area contributed by atoms with Gasteiger partial charge in [0.1, 0.15) is 41.1 Å². The summed E-state index contributed by atoms with van der Waals surface area (Å²) in [5, 5.41) is -0.163. The van der Waals surface area contributed by atoms with Crippen LogP contribution in [0.2, 0.25) is 5.02 Å². The van der Waals surface area contributed by atoms with Gasteiger partial charge in [-0.1, -0.05) is 17.7 Å². The Labute approximate surface area is 196 Å². The van der Waals surface area contributed by atoms with Crippen molar-refractivity contribution in [1.29, 1.82) is 0 Å². The summed E-state index contributed by atoms with van der Waals surface area (Å²) < 4.78 is 82.5. The molecular weight excluding hydrogens is 481 g/mol. The van der Waals surface area contributed by atoms with Crippen molar-refractivity contribution in [2.75, 3.05) is 13.2 Å². The van der Waals surface area contributed by atoms with Gasteiger partial charge in [-0.25, -0.2) is 13.8 Å². The molecule has 0 amide bonds. The van der Waals surface area contributed by atoms with Gasteiger partial charge in [0.25, 0.3) is 0 Å². The molecule has 0 radical (unpaired) electrons. The van der Waals surface area contributed by atoms with Crippen molar-refractivity contribution in [2.24, 2.45) is 4.99 Å². The SMILES string of the molecule is Fc1cccc(F)c1C1=NC(CCOc2ccc(Oc3ccc(C(F)(F)F)cc3Cl)cc2)CO1. The lowest BCUT2D eigenvalue weighted by Crippen LogP contribution is -2.11. The monoisotopic (exact) mass is 497 g/mol. The lowest BCUT2D eigenvalue weighted by Gasteiger charge is -2.12. The third kappa shape index (κ3) is 5.59. The Kier molecular flexibility index (Phi) is 6.92. The fourth-order valence-corrected chi connectivity index (χ4v) is 3.42. The van der Waals surface area contributed by atoms with Crippen LogP contribution in [0.4, 0.5) is 22.0 Å². The van der Waals surface area contributed by atoms with Crippen molar-refractivity contribution in [3.05, 3.63) is 88.4 Å². The van der Waals surface area contributed by atoms with E-state index >= 15 is 0 Å². The summed E-state index contributed by atoms with van der Waals surface area (Å²) in [6.45, 7) is 0.461. The molecule has 4 nitrogen and oxygen atoms in total. The second kappa shape index (κ2) is 9.89. The Balaban J connectivity index is 1.30. The lowest BCUT2D eigenvalue weighted by molar-refractivity contribution is -0.137. The third-order valence-corrected chi connectivity index (χ3v) is 5.21. The van der Waals surface area contributed by atoms with Gasteiger partial charge in [0.05, 0.1) is 23.2 Å². The van der Waals surface area contributed by atoms with Crippen molar-refractivity contribution < 1.29 is 36.2 Å². The first kappa shape index (κ1) is 23.8. The van der Waals surface area contributed by atoms with E-state index in [0.717, 1.165) is 30.3 Å². The van der Waals surface area contributed by atoms with Crippen LogP contribution in [-0.2, 0) is 10.9 Å². The van der Waals surface area contributed by atoms with Crippen LogP contribution in [0.1, 0.15) is 17.5 Å². The quantitative estimate of drug-likeness (QED) is 0.329. The van der Waals surface area contributed by atoms with Gasteiger partial charge in [-0.2, -0.15) is 13.2 Å². The molecule has 3 aromatic rings. The molecule has 0 saturated heterocycles. The van der Waals surface area contributed by atoms with E-state index in [-0.39, 0.29) is 41.5 Å². The van der Waals surface area contributed by atoms with Crippen LogP contribution in [0.3, 0.4) is 0 Å². The number of aliphatic imine (C=N–C) groups is 1. The minimum Gasteiger partial charge on any atom is -0.494 e. The second-order valence-corrected chi connectivity index (χ2v) is 7.76. The average Bonchev–Trinajstić information content (AvgIpc) is 3.24. The summed E-state index contributed by atoms with van der Waals surface area (Å²) in [6.07, 6.45) is -4.04. The van der Waals surface area contributed by atoms with E-state index in [0.29, 0.717) is 17.9 Å². The van der Waals surface area contributed by atoms with Crippen LogP contribution in [0.25, 0.3) is 0 Å². The molecule has 1 heterocycles. The van der Waals surface area contributed by atoms with Gasteiger partial charge >= 0.3 is 6.18 Å². The molecule has 1 unspecified atom stereocenters. The van der Waals surface area contributed by atoms with E-state index in [2.05, 4.69) is 4.99 Å². The molecule has 1 aliphatic heterocycles. The highest BCUT2D eigenvalue weighted by molar-refractivity contribution is 6.32. The van der Waals surface area contributed by atoms with E-state index in [9.17, 15) is 22.0 Å². The summed E-state index contributed by atoms with van der Waals surface area (Å²) in [5.74, 6) is -0.576. The van der Waals surface area contributed by atoms with Crippen molar-refractivity contribution in [2.45, 2.75) is 18.6 Å². The predicted octanol–water partition coefficient (Wildman–Crippen LogP) is 7.04. The van der Waals surface area contributed by atoms with E-state index in [1.807, 2.05) is 0 Å². The van der Waals surface area contributed by atoms with Crippen LogP contribution in [0.15, 0.2) is 65.7 Å². The van der Waals surface area contributed by atoms with Crippen molar-refractivity contribution in [3.8, 4) is 17.2 Å². The molecule has 0 bridgehead atoms. The number of nitrogens with zero attached hydrogens (tertiary/aromatic N) is 1. The molecule has 0 saturated carbocycles. The molecule has 0 N–H and O–H groups in total. The second-order valence-electron chi connectivity index (χ2n) is 7.35. The minimum absolute atomic E-state index is 0.0657. The number of ether oxygens (including phenoxy) is 3. The molecule has 4 rings (SSSR count). The summed E-state index contributed by atoms with van der Waals surface area (Å²) in [6, 6.07) is 12.5. The number of hydrogen-bond donors (Lipinski definition) is 0. The molecule has 0 spiro atoms. The van der Waals surface area contributed by atoms with Gasteiger partial charge < -0.3 is 14.2 Å². The van der Waals surface area contributed by atoms with E-state index < -0.39 is 23.4 Å². The van der Waals surface area contributed by atoms with Crippen LogP contribution in [0, 0.1) is 11.6 Å². The summed E-state index contributed by atoms with van der Waals surface area (Å²) in [4.78, 5) is 4.23. The zero-order valence-electron chi connectivity index (χ0n) is 17.4. The number of alkyl halides is 3. The number of rotatable bonds is 7. The first-order valence-corrected chi connectivity index (χ1v) is 10.5. The molecule has 0 fully saturated rings. The zero-order valence-corrected chi connectivity index (χ0v) is 18.2. The maximum absolute atomic E-state index is 13.9. The Morgan fingerprint density at radius 3 is 2.29 bits per heavy atom. The molecule has 178 valence electrons. The first-order valence-electron chi connectivity index (χ1n) is 10.1. The minimum atomic E-state index is -4.49. The van der Waals surface area contributed by atoms with Gasteiger partial charge in [-0.3, -0.25) is 0 Å². The lowest BCUT2D eigenvalue weighted by atomic mass is 10.2. The highest BCUT2D eigenvalue weighted by atomic mass is 35.5. The normalized spacial score (nSPS) is 15.6. The van der Waals surface area contributed by atoms with E-state index in [1.54, 1.807) is 24.3 Å². The standard InChI is InChI=1S/C24H17ClF5NO3/c25-18-12-14(24(28,29)30)4-9-21(18)34-17-7-5-16(6-8-17)32-11-10-15-13-33-23(31-15)22-19(26)2-1-3-20(22)27/h1-9,12,15H,10-11,13H2. The largest absolute Gasteiger partial charge is 0.494 e. The Hall–Kier alpha value is -3.33. The van der Waals surface area contributed by atoms with Gasteiger partial charge in [-0.15, -0.1) is 0 Å². The fraction of sp³-hybridized carbons (Fsp3) is 0.208. The van der Waals surface area contributed by atoms with Crippen molar-refractivity contribution in [1.82, 2.24) is 0 Å². The molecule has 34 heavy (non-hydrogen) atoms. The number of hydrogen-bond acceptors (Lipinski definition) is 4. The van der Waals surface area contributed by atoms with Gasteiger partial charge in [0, 0.05) is 6.42 Å². The molecule has 0 aromatic heterocycles. The van der Waals surface area contributed by atoms with Gasteiger partial charge in [0.15, 0.2) is 0 Å². The van der Waals surface area contributed by atoms with Crippen molar-refractivity contribution >= 4 is 17.5 Å². The molecule has 1 aliphatic rings. The third-order valence-electron chi connectivity index (χ3n) is 4.92. The summed E-state index contributed by atoms with van der Waals surface area (Å²) in [7, 11) is 0. The van der Waals surface area contributed by atoms with Gasteiger partial charge in [0.2, 0.25) is 5.90 Å². The molecule has 10 heteroatoms. The topological polar surface area (TPSA) is 40.0 Å². The van der Waals surface area contributed by atoms with Crippen molar-refractivity contribution in [3.63, 3.8) is 0 Å². The highest BCUT2D eigenvalue weighted by Gasteiger charge is 2.31. The Bertz CT molecular complexity index is 1180. The summed E-state index contributed by atoms with van der Waals surface area (Å²) >= 11 is 5.90. The maximum atomic E-state index is 13.9. The predicted molar refractivity (Wildman–Crippen MR) is 116 cm³/mol. The Morgan fingerprint density at radius 1 is 0.971 bits per heavy atom. The molecule has 3 aromatic carbocycles. The summed E-state index contributed by atoms with van der Waals surface area (Å²) in [5.41, 5.74) is -1.15. The highest BCUT2D eigenvalue weighted by Crippen LogP contribution is 2.36. The fourth-order valence-electron chi connectivity index (χ4n) is 3.21. The van der Waals surface area contributed by atoms with Crippen LogP contribution >= 0.6 is 11.6 Å². The first-order chi connectivity index (χ1) is 16.2.